The lowest BCUT2D eigenvalue weighted by molar-refractivity contribution is -0.163. The Labute approximate surface area is 232 Å². The predicted molar refractivity (Wildman–Crippen MR) is 151 cm³/mol. The number of aromatic nitrogens is 5. The topological polar surface area (TPSA) is 93.2 Å². The Morgan fingerprint density at radius 1 is 1.08 bits per heavy atom. The molecule has 0 spiro atoms. The van der Waals surface area contributed by atoms with Crippen molar-refractivity contribution in [3.63, 3.8) is 0 Å². The summed E-state index contributed by atoms with van der Waals surface area (Å²) in [6, 6.07) is 13.3. The SMILES string of the molecule is Cc1ccc(-c2nc3c(c(=O)n(CCCOC4CCCCO4)c(=O)n3C(C)C)n2Cc2ccccc2)c(Cl)n1. The minimum atomic E-state index is -0.388. The fourth-order valence-corrected chi connectivity index (χ4v) is 5.30. The van der Waals surface area contributed by atoms with Crippen LogP contribution in [-0.4, -0.2) is 43.2 Å². The van der Waals surface area contributed by atoms with E-state index in [4.69, 9.17) is 26.1 Å². The quantitative estimate of drug-likeness (QED) is 0.216. The molecule has 206 valence electrons. The molecule has 5 rings (SSSR count). The molecule has 0 aliphatic carbocycles. The molecular formula is C29H34ClN5O4. The molecule has 10 heteroatoms. The molecular weight excluding hydrogens is 518 g/mol. The van der Waals surface area contributed by atoms with E-state index in [0.717, 1.165) is 30.5 Å². The number of imidazole rings is 1. The number of rotatable bonds is 9. The number of aryl methyl sites for hydroxylation is 1. The van der Waals surface area contributed by atoms with Gasteiger partial charge in [0.05, 0.1) is 12.2 Å². The molecule has 1 saturated heterocycles. The molecule has 1 atom stereocenters. The number of fused-ring (bicyclic) bond motifs is 1. The van der Waals surface area contributed by atoms with Crippen molar-refractivity contribution in [1.29, 1.82) is 0 Å². The summed E-state index contributed by atoms with van der Waals surface area (Å²) in [5, 5.41) is 0.292. The molecule has 3 aromatic heterocycles. The molecule has 0 amide bonds. The Kier molecular flexibility index (Phi) is 8.30. The summed E-state index contributed by atoms with van der Waals surface area (Å²) in [6.07, 6.45) is 3.28. The van der Waals surface area contributed by atoms with Crippen LogP contribution < -0.4 is 11.2 Å². The molecule has 1 aliphatic heterocycles. The van der Waals surface area contributed by atoms with Gasteiger partial charge < -0.3 is 14.0 Å². The zero-order valence-electron chi connectivity index (χ0n) is 22.6. The molecule has 0 bridgehead atoms. The Hall–Kier alpha value is -3.27. The maximum Gasteiger partial charge on any atom is 0.332 e. The van der Waals surface area contributed by atoms with Crippen LogP contribution in [0.25, 0.3) is 22.6 Å². The molecule has 0 saturated carbocycles. The van der Waals surface area contributed by atoms with Crippen molar-refractivity contribution >= 4 is 22.8 Å². The number of hydrogen-bond acceptors (Lipinski definition) is 6. The summed E-state index contributed by atoms with van der Waals surface area (Å²) < 4.78 is 16.2. The zero-order chi connectivity index (χ0) is 27.5. The highest BCUT2D eigenvalue weighted by molar-refractivity contribution is 6.32. The third-order valence-corrected chi connectivity index (χ3v) is 7.25. The van der Waals surface area contributed by atoms with Crippen LogP contribution >= 0.6 is 11.6 Å². The molecule has 0 radical (unpaired) electrons. The highest BCUT2D eigenvalue weighted by atomic mass is 35.5. The average Bonchev–Trinajstić information content (AvgIpc) is 3.27. The van der Waals surface area contributed by atoms with Crippen LogP contribution in [0.1, 0.15) is 56.8 Å². The molecule has 1 aliphatic rings. The van der Waals surface area contributed by atoms with E-state index in [1.165, 1.54) is 4.57 Å². The normalized spacial score (nSPS) is 15.9. The second-order valence-electron chi connectivity index (χ2n) is 10.2. The first-order valence-electron chi connectivity index (χ1n) is 13.5. The fourth-order valence-electron chi connectivity index (χ4n) is 5.01. The first-order chi connectivity index (χ1) is 18.8. The molecule has 1 fully saturated rings. The number of ether oxygens (including phenoxy) is 2. The molecule has 1 unspecified atom stereocenters. The van der Waals surface area contributed by atoms with Gasteiger partial charge in [0, 0.05) is 31.4 Å². The van der Waals surface area contributed by atoms with Gasteiger partial charge >= 0.3 is 5.69 Å². The molecule has 39 heavy (non-hydrogen) atoms. The zero-order valence-corrected chi connectivity index (χ0v) is 23.4. The van der Waals surface area contributed by atoms with Crippen molar-refractivity contribution in [3.8, 4) is 11.4 Å². The minimum absolute atomic E-state index is 0.215. The summed E-state index contributed by atoms with van der Waals surface area (Å²) in [6.45, 7) is 7.40. The second-order valence-corrected chi connectivity index (χ2v) is 10.6. The van der Waals surface area contributed by atoms with Crippen molar-refractivity contribution in [2.24, 2.45) is 0 Å². The van der Waals surface area contributed by atoms with Crippen LogP contribution in [0, 0.1) is 6.92 Å². The molecule has 4 heterocycles. The Balaban J connectivity index is 1.62. The first-order valence-corrected chi connectivity index (χ1v) is 13.9. The van der Waals surface area contributed by atoms with E-state index in [1.807, 2.05) is 67.8 Å². The smallest absolute Gasteiger partial charge is 0.332 e. The van der Waals surface area contributed by atoms with E-state index in [2.05, 4.69) is 4.98 Å². The lowest BCUT2D eigenvalue weighted by Gasteiger charge is -2.22. The largest absolute Gasteiger partial charge is 0.353 e. The molecule has 9 nitrogen and oxygen atoms in total. The van der Waals surface area contributed by atoms with Gasteiger partial charge in [0.25, 0.3) is 5.56 Å². The van der Waals surface area contributed by atoms with E-state index in [-0.39, 0.29) is 30.1 Å². The van der Waals surface area contributed by atoms with Gasteiger partial charge in [0.15, 0.2) is 17.5 Å². The van der Waals surface area contributed by atoms with Crippen LogP contribution in [0.15, 0.2) is 52.1 Å². The summed E-state index contributed by atoms with van der Waals surface area (Å²) in [7, 11) is 0. The van der Waals surface area contributed by atoms with Crippen LogP contribution in [0.2, 0.25) is 5.15 Å². The van der Waals surface area contributed by atoms with Crippen molar-refractivity contribution in [2.45, 2.75) is 71.9 Å². The van der Waals surface area contributed by atoms with E-state index < -0.39 is 0 Å². The lowest BCUT2D eigenvalue weighted by atomic mass is 10.2. The monoisotopic (exact) mass is 551 g/mol. The van der Waals surface area contributed by atoms with Crippen molar-refractivity contribution < 1.29 is 9.47 Å². The van der Waals surface area contributed by atoms with Gasteiger partial charge in [-0.1, -0.05) is 41.9 Å². The predicted octanol–water partition coefficient (Wildman–Crippen LogP) is 4.95. The Morgan fingerprint density at radius 3 is 2.56 bits per heavy atom. The fraction of sp³-hybridized carbons (Fsp3) is 0.448. The van der Waals surface area contributed by atoms with Gasteiger partial charge in [-0.05, 0) is 64.2 Å². The first kappa shape index (κ1) is 27.3. The highest BCUT2D eigenvalue weighted by Gasteiger charge is 2.25. The maximum absolute atomic E-state index is 14.0. The lowest BCUT2D eigenvalue weighted by Crippen LogP contribution is -2.41. The van der Waals surface area contributed by atoms with Gasteiger partial charge in [0.2, 0.25) is 0 Å². The van der Waals surface area contributed by atoms with Crippen molar-refractivity contribution in [3.05, 3.63) is 79.7 Å². The van der Waals surface area contributed by atoms with Gasteiger partial charge in [-0.25, -0.2) is 14.8 Å². The van der Waals surface area contributed by atoms with Crippen LogP contribution in [0.5, 0.6) is 0 Å². The number of hydrogen-bond donors (Lipinski definition) is 0. The van der Waals surface area contributed by atoms with Crippen molar-refractivity contribution in [1.82, 2.24) is 23.7 Å². The second kappa shape index (κ2) is 11.9. The van der Waals surface area contributed by atoms with E-state index in [1.54, 1.807) is 4.57 Å². The molecule has 0 N–H and O–H groups in total. The Bertz CT molecular complexity index is 1570. The maximum atomic E-state index is 14.0. The number of halogens is 1. The summed E-state index contributed by atoms with van der Waals surface area (Å²) in [4.78, 5) is 36.9. The van der Waals surface area contributed by atoms with Crippen LogP contribution in [0.3, 0.4) is 0 Å². The van der Waals surface area contributed by atoms with Crippen LogP contribution in [-0.2, 0) is 22.6 Å². The average molecular weight is 552 g/mol. The minimum Gasteiger partial charge on any atom is -0.353 e. The van der Waals surface area contributed by atoms with Gasteiger partial charge in [0.1, 0.15) is 11.0 Å². The number of pyridine rings is 1. The number of nitrogens with zero attached hydrogens (tertiary/aromatic N) is 5. The summed E-state index contributed by atoms with van der Waals surface area (Å²) in [5.74, 6) is 0.493. The van der Waals surface area contributed by atoms with Crippen LogP contribution in [0.4, 0.5) is 0 Å². The summed E-state index contributed by atoms with van der Waals surface area (Å²) >= 11 is 6.58. The Morgan fingerprint density at radius 2 is 1.87 bits per heavy atom. The van der Waals surface area contributed by atoms with E-state index in [9.17, 15) is 9.59 Å². The highest BCUT2D eigenvalue weighted by Crippen LogP contribution is 2.29. The summed E-state index contributed by atoms with van der Waals surface area (Å²) in [5.41, 5.74) is 2.29. The molecule has 4 aromatic rings. The number of benzene rings is 1. The standard InChI is InChI=1S/C29H34ClN5O4/c1-19(2)35-27-24(28(36)33(29(35)37)15-9-17-39-23-12-7-8-16-38-23)34(18-21-10-5-4-6-11-21)26(32-27)22-14-13-20(3)31-25(22)30/h4-6,10-11,13-14,19,23H,7-9,12,15-18H2,1-3H3. The van der Waals surface area contributed by atoms with E-state index >= 15 is 0 Å². The third-order valence-electron chi connectivity index (χ3n) is 6.96. The van der Waals surface area contributed by atoms with Gasteiger partial charge in [-0.2, -0.15) is 0 Å². The van der Waals surface area contributed by atoms with Gasteiger partial charge in [-0.15, -0.1) is 0 Å². The molecule has 1 aromatic carbocycles. The van der Waals surface area contributed by atoms with Gasteiger partial charge in [-0.3, -0.25) is 13.9 Å². The third kappa shape index (κ3) is 5.71. The van der Waals surface area contributed by atoms with Crippen molar-refractivity contribution in [2.75, 3.05) is 13.2 Å². The van der Waals surface area contributed by atoms with E-state index in [0.29, 0.717) is 53.9 Å².